The number of halogens is 1. The van der Waals surface area contributed by atoms with Gasteiger partial charge in [-0.3, -0.25) is 4.79 Å². The second-order valence-corrected chi connectivity index (χ2v) is 7.04. The first kappa shape index (κ1) is 19.8. The first-order valence-electron chi connectivity index (χ1n) is 8.88. The molecule has 0 aliphatic rings. The SMILES string of the molecule is COc1ccccc1Oc1ccc(Cl)cc1NC(=O)c1cc(C)c(C)cc1C. The van der Waals surface area contributed by atoms with Crippen molar-refractivity contribution in [2.75, 3.05) is 12.4 Å². The summed E-state index contributed by atoms with van der Waals surface area (Å²) in [5, 5.41) is 3.42. The third-order valence-electron chi connectivity index (χ3n) is 4.56. The van der Waals surface area contributed by atoms with E-state index in [9.17, 15) is 4.79 Å². The van der Waals surface area contributed by atoms with Crippen molar-refractivity contribution < 1.29 is 14.3 Å². The van der Waals surface area contributed by atoms with Crippen LogP contribution in [0.5, 0.6) is 17.2 Å². The Hall–Kier alpha value is -2.98. The van der Waals surface area contributed by atoms with Crippen LogP contribution < -0.4 is 14.8 Å². The van der Waals surface area contributed by atoms with E-state index >= 15 is 0 Å². The van der Waals surface area contributed by atoms with Gasteiger partial charge in [-0.25, -0.2) is 0 Å². The lowest BCUT2D eigenvalue weighted by Gasteiger charge is -2.15. The standard InChI is InChI=1S/C23H22ClNO3/c1-14-11-16(3)18(12-15(14)2)23(26)25-19-13-17(24)9-10-20(19)28-22-8-6-5-7-21(22)27-4/h5-13H,1-4H3,(H,25,26). The molecule has 0 fully saturated rings. The third-order valence-corrected chi connectivity index (χ3v) is 4.80. The minimum absolute atomic E-state index is 0.215. The van der Waals surface area contributed by atoms with E-state index in [-0.39, 0.29) is 5.91 Å². The molecule has 0 heterocycles. The van der Waals surface area contributed by atoms with Crippen LogP contribution in [0.1, 0.15) is 27.0 Å². The van der Waals surface area contributed by atoms with Crippen LogP contribution in [0.2, 0.25) is 5.02 Å². The van der Waals surface area contributed by atoms with Gasteiger partial charge in [0, 0.05) is 10.6 Å². The molecule has 3 aromatic carbocycles. The van der Waals surface area contributed by atoms with Gasteiger partial charge in [-0.15, -0.1) is 0 Å². The van der Waals surface area contributed by atoms with Crippen LogP contribution in [0.25, 0.3) is 0 Å². The van der Waals surface area contributed by atoms with Crippen LogP contribution in [-0.2, 0) is 0 Å². The van der Waals surface area contributed by atoms with Gasteiger partial charge in [-0.05, 0) is 73.9 Å². The summed E-state index contributed by atoms with van der Waals surface area (Å²) < 4.78 is 11.3. The Morgan fingerprint density at radius 3 is 2.25 bits per heavy atom. The Bertz CT molecular complexity index is 1030. The van der Waals surface area contributed by atoms with Crippen LogP contribution >= 0.6 is 11.6 Å². The molecule has 0 atom stereocenters. The molecular weight excluding hydrogens is 374 g/mol. The van der Waals surface area contributed by atoms with Crippen molar-refractivity contribution in [1.29, 1.82) is 0 Å². The molecular formula is C23H22ClNO3. The quantitative estimate of drug-likeness (QED) is 0.550. The van der Waals surface area contributed by atoms with Crippen molar-refractivity contribution in [2.45, 2.75) is 20.8 Å². The predicted octanol–water partition coefficient (Wildman–Crippen LogP) is 6.32. The minimum Gasteiger partial charge on any atom is -0.493 e. The van der Waals surface area contributed by atoms with Crippen molar-refractivity contribution in [3.63, 3.8) is 0 Å². The van der Waals surface area contributed by atoms with Gasteiger partial charge < -0.3 is 14.8 Å². The normalized spacial score (nSPS) is 10.5. The summed E-state index contributed by atoms with van der Waals surface area (Å²) >= 11 is 6.15. The summed E-state index contributed by atoms with van der Waals surface area (Å²) in [5.41, 5.74) is 4.23. The Morgan fingerprint density at radius 1 is 0.857 bits per heavy atom. The fraction of sp³-hybridized carbons (Fsp3) is 0.174. The van der Waals surface area contributed by atoms with Crippen LogP contribution in [-0.4, -0.2) is 13.0 Å². The zero-order valence-corrected chi connectivity index (χ0v) is 17.1. The van der Waals surface area contributed by atoms with Gasteiger partial charge >= 0.3 is 0 Å². The Labute approximate surface area is 170 Å². The molecule has 0 saturated carbocycles. The lowest BCUT2D eigenvalue weighted by Crippen LogP contribution is -2.14. The predicted molar refractivity (Wildman–Crippen MR) is 113 cm³/mol. The fourth-order valence-corrected chi connectivity index (χ4v) is 3.08. The topological polar surface area (TPSA) is 47.6 Å². The molecule has 144 valence electrons. The molecule has 4 nitrogen and oxygen atoms in total. The number of methoxy groups -OCH3 is 1. The number of ether oxygens (including phenoxy) is 2. The number of benzene rings is 3. The van der Waals surface area contributed by atoms with Gasteiger partial charge in [0.25, 0.3) is 5.91 Å². The largest absolute Gasteiger partial charge is 0.493 e. The molecule has 0 spiro atoms. The van der Waals surface area contributed by atoms with Crippen LogP contribution in [0, 0.1) is 20.8 Å². The number of anilines is 1. The number of rotatable bonds is 5. The van der Waals surface area contributed by atoms with E-state index in [0.717, 1.165) is 16.7 Å². The van der Waals surface area contributed by atoms with E-state index in [0.29, 0.717) is 33.5 Å². The highest BCUT2D eigenvalue weighted by Crippen LogP contribution is 2.36. The fourth-order valence-electron chi connectivity index (χ4n) is 2.91. The lowest BCUT2D eigenvalue weighted by molar-refractivity contribution is 0.102. The van der Waals surface area contributed by atoms with E-state index < -0.39 is 0 Å². The van der Waals surface area contributed by atoms with Crippen molar-refractivity contribution in [3.05, 3.63) is 81.9 Å². The summed E-state index contributed by atoms with van der Waals surface area (Å²) in [4.78, 5) is 12.9. The van der Waals surface area contributed by atoms with Crippen LogP contribution in [0.3, 0.4) is 0 Å². The third kappa shape index (κ3) is 4.29. The van der Waals surface area contributed by atoms with Gasteiger partial charge in [-0.2, -0.15) is 0 Å². The van der Waals surface area contributed by atoms with E-state index in [2.05, 4.69) is 5.32 Å². The average Bonchev–Trinajstić information content (AvgIpc) is 2.67. The molecule has 5 heteroatoms. The van der Waals surface area contributed by atoms with E-state index in [4.69, 9.17) is 21.1 Å². The van der Waals surface area contributed by atoms with Crippen molar-refractivity contribution in [3.8, 4) is 17.2 Å². The number of carbonyl (C=O) groups excluding carboxylic acids is 1. The molecule has 0 radical (unpaired) electrons. The minimum atomic E-state index is -0.215. The van der Waals surface area contributed by atoms with Crippen LogP contribution in [0.4, 0.5) is 5.69 Å². The number of nitrogens with one attached hydrogen (secondary N) is 1. The van der Waals surface area contributed by atoms with Gasteiger partial charge in [-0.1, -0.05) is 29.8 Å². The molecule has 0 aliphatic carbocycles. The first-order chi connectivity index (χ1) is 13.4. The Morgan fingerprint density at radius 2 is 1.54 bits per heavy atom. The number of para-hydroxylation sites is 2. The van der Waals surface area contributed by atoms with Crippen molar-refractivity contribution in [1.82, 2.24) is 0 Å². The molecule has 3 aromatic rings. The molecule has 1 amide bonds. The number of hydrogen-bond donors (Lipinski definition) is 1. The maximum atomic E-state index is 12.9. The van der Waals surface area contributed by atoms with Gasteiger partial charge in [0.15, 0.2) is 17.2 Å². The molecule has 0 aromatic heterocycles. The lowest BCUT2D eigenvalue weighted by atomic mass is 10.0. The number of amides is 1. The average molecular weight is 396 g/mol. The number of hydrogen-bond acceptors (Lipinski definition) is 3. The molecule has 0 bridgehead atoms. The second-order valence-electron chi connectivity index (χ2n) is 6.60. The Balaban J connectivity index is 1.93. The highest BCUT2D eigenvalue weighted by atomic mass is 35.5. The molecule has 0 saturated heterocycles. The van der Waals surface area contributed by atoms with Gasteiger partial charge in [0.2, 0.25) is 0 Å². The number of aryl methyl sites for hydroxylation is 3. The van der Waals surface area contributed by atoms with E-state index in [1.54, 1.807) is 31.4 Å². The van der Waals surface area contributed by atoms with Crippen molar-refractivity contribution >= 4 is 23.2 Å². The van der Waals surface area contributed by atoms with Gasteiger partial charge in [0.05, 0.1) is 12.8 Å². The Kier molecular flexibility index (Phi) is 5.90. The molecule has 1 N–H and O–H groups in total. The highest BCUT2D eigenvalue weighted by molar-refractivity contribution is 6.31. The maximum Gasteiger partial charge on any atom is 0.256 e. The summed E-state index contributed by atoms with van der Waals surface area (Å²) in [6, 6.07) is 16.3. The van der Waals surface area contributed by atoms with E-state index in [1.807, 2.05) is 51.1 Å². The monoisotopic (exact) mass is 395 g/mol. The molecule has 28 heavy (non-hydrogen) atoms. The first-order valence-corrected chi connectivity index (χ1v) is 9.26. The summed E-state index contributed by atoms with van der Waals surface area (Å²) in [7, 11) is 1.58. The second kappa shape index (κ2) is 8.36. The summed E-state index contributed by atoms with van der Waals surface area (Å²) in [5.74, 6) is 1.40. The highest BCUT2D eigenvalue weighted by Gasteiger charge is 2.15. The van der Waals surface area contributed by atoms with Crippen molar-refractivity contribution in [2.24, 2.45) is 0 Å². The zero-order valence-electron chi connectivity index (χ0n) is 16.3. The molecule has 3 rings (SSSR count). The summed E-state index contributed by atoms with van der Waals surface area (Å²) in [6.45, 7) is 5.94. The van der Waals surface area contributed by atoms with E-state index in [1.165, 1.54) is 0 Å². The zero-order chi connectivity index (χ0) is 20.3. The smallest absolute Gasteiger partial charge is 0.256 e. The summed E-state index contributed by atoms with van der Waals surface area (Å²) in [6.07, 6.45) is 0. The van der Waals surface area contributed by atoms with Crippen LogP contribution in [0.15, 0.2) is 54.6 Å². The van der Waals surface area contributed by atoms with Gasteiger partial charge in [0.1, 0.15) is 0 Å². The number of carbonyl (C=O) groups is 1. The molecule has 0 unspecified atom stereocenters. The molecule has 0 aliphatic heterocycles. The maximum absolute atomic E-state index is 12.9.